The summed E-state index contributed by atoms with van der Waals surface area (Å²) in [6.45, 7) is 4.18. The SMILES string of the molecule is CCOC(=O)Cc1nc(Nc2cccc(C)c2)c2c(-c3ccccc3)csc2n1. The fourth-order valence-corrected chi connectivity index (χ4v) is 4.15. The third-order valence-corrected chi connectivity index (χ3v) is 5.33. The van der Waals surface area contributed by atoms with E-state index in [9.17, 15) is 4.79 Å². The van der Waals surface area contributed by atoms with Gasteiger partial charge in [-0.05, 0) is 37.1 Å². The van der Waals surface area contributed by atoms with Crippen molar-refractivity contribution >= 4 is 39.0 Å². The van der Waals surface area contributed by atoms with Gasteiger partial charge in [0.15, 0.2) is 0 Å². The molecule has 0 radical (unpaired) electrons. The lowest BCUT2D eigenvalue weighted by molar-refractivity contribution is -0.142. The molecule has 1 N–H and O–H groups in total. The Morgan fingerprint density at radius 1 is 1.10 bits per heavy atom. The van der Waals surface area contributed by atoms with Crippen LogP contribution in [0.2, 0.25) is 0 Å². The van der Waals surface area contributed by atoms with Crippen LogP contribution in [0.1, 0.15) is 18.3 Å². The van der Waals surface area contributed by atoms with Crippen molar-refractivity contribution in [1.29, 1.82) is 0 Å². The monoisotopic (exact) mass is 403 g/mol. The molecule has 0 saturated carbocycles. The average Bonchev–Trinajstić information content (AvgIpc) is 3.13. The van der Waals surface area contributed by atoms with Crippen molar-refractivity contribution < 1.29 is 9.53 Å². The maximum atomic E-state index is 12.0. The Bertz CT molecular complexity index is 1160. The minimum absolute atomic E-state index is 0.0465. The van der Waals surface area contributed by atoms with Gasteiger partial charge < -0.3 is 10.1 Å². The van der Waals surface area contributed by atoms with Crippen LogP contribution < -0.4 is 5.32 Å². The number of fused-ring (bicyclic) bond motifs is 1. The molecule has 0 amide bonds. The first-order valence-electron chi connectivity index (χ1n) is 9.47. The highest BCUT2D eigenvalue weighted by atomic mass is 32.1. The number of nitrogens with zero attached hydrogens (tertiary/aromatic N) is 2. The number of ether oxygens (including phenoxy) is 1. The van der Waals surface area contributed by atoms with Crippen LogP contribution >= 0.6 is 11.3 Å². The number of esters is 1. The maximum Gasteiger partial charge on any atom is 0.313 e. The fourth-order valence-electron chi connectivity index (χ4n) is 3.19. The second-order valence-corrected chi connectivity index (χ2v) is 7.52. The number of nitrogens with one attached hydrogen (secondary N) is 1. The van der Waals surface area contributed by atoms with Crippen molar-refractivity contribution in [1.82, 2.24) is 9.97 Å². The molecule has 0 aliphatic rings. The smallest absolute Gasteiger partial charge is 0.313 e. The Kier molecular flexibility index (Phi) is 5.53. The highest BCUT2D eigenvalue weighted by Gasteiger charge is 2.17. The lowest BCUT2D eigenvalue weighted by atomic mass is 10.1. The van der Waals surface area contributed by atoms with Gasteiger partial charge in [0, 0.05) is 16.6 Å². The summed E-state index contributed by atoms with van der Waals surface area (Å²) in [6, 6.07) is 18.3. The number of hydrogen-bond donors (Lipinski definition) is 1. The molecule has 0 aliphatic carbocycles. The zero-order chi connectivity index (χ0) is 20.2. The van der Waals surface area contributed by atoms with E-state index in [1.54, 1.807) is 18.3 Å². The van der Waals surface area contributed by atoms with Crippen LogP contribution in [0.4, 0.5) is 11.5 Å². The number of anilines is 2. The number of carbonyl (C=O) groups is 1. The quantitative estimate of drug-likeness (QED) is 0.430. The van der Waals surface area contributed by atoms with E-state index >= 15 is 0 Å². The maximum absolute atomic E-state index is 12.0. The molecular formula is C23H21N3O2S. The summed E-state index contributed by atoms with van der Waals surface area (Å²) in [6.07, 6.45) is 0.0465. The Morgan fingerprint density at radius 2 is 1.93 bits per heavy atom. The first-order chi connectivity index (χ1) is 14.1. The van der Waals surface area contributed by atoms with Crippen LogP contribution in [0.25, 0.3) is 21.3 Å². The summed E-state index contributed by atoms with van der Waals surface area (Å²) in [4.78, 5) is 22.1. The second-order valence-electron chi connectivity index (χ2n) is 6.66. The van der Waals surface area contributed by atoms with Crippen LogP contribution in [-0.2, 0) is 16.0 Å². The van der Waals surface area contributed by atoms with Gasteiger partial charge in [0.25, 0.3) is 0 Å². The lowest BCUT2D eigenvalue weighted by Crippen LogP contribution is -2.11. The van der Waals surface area contributed by atoms with Gasteiger partial charge in [-0.15, -0.1) is 11.3 Å². The van der Waals surface area contributed by atoms with Crippen LogP contribution in [0.3, 0.4) is 0 Å². The molecule has 0 aliphatic heterocycles. The van der Waals surface area contributed by atoms with E-state index in [2.05, 4.69) is 33.9 Å². The Hall–Kier alpha value is -3.25. The van der Waals surface area contributed by atoms with Gasteiger partial charge in [-0.1, -0.05) is 42.5 Å². The third kappa shape index (κ3) is 4.27. The highest BCUT2D eigenvalue weighted by molar-refractivity contribution is 7.17. The topological polar surface area (TPSA) is 64.1 Å². The summed E-state index contributed by atoms with van der Waals surface area (Å²) in [5.74, 6) is 0.820. The summed E-state index contributed by atoms with van der Waals surface area (Å²) < 4.78 is 5.07. The molecule has 2 aromatic carbocycles. The first-order valence-corrected chi connectivity index (χ1v) is 10.3. The molecule has 0 atom stereocenters. The van der Waals surface area contributed by atoms with Gasteiger partial charge in [0.1, 0.15) is 22.9 Å². The minimum Gasteiger partial charge on any atom is -0.466 e. The Morgan fingerprint density at radius 3 is 2.69 bits per heavy atom. The predicted octanol–water partition coefficient (Wildman–Crippen LogP) is 5.52. The van der Waals surface area contributed by atoms with Crippen LogP contribution in [0.15, 0.2) is 60.0 Å². The van der Waals surface area contributed by atoms with Gasteiger partial charge >= 0.3 is 5.97 Å². The molecule has 0 spiro atoms. The number of thiophene rings is 1. The Balaban J connectivity index is 1.83. The molecule has 5 nitrogen and oxygen atoms in total. The molecular weight excluding hydrogens is 382 g/mol. The summed E-state index contributed by atoms with van der Waals surface area (Å²) in [7, 11) is 0. The van der Waals surface area contributed by atoms with E-state index in [1.165, 1.54) is 0 Å². The van der Waals surface area contributed by atoms with E-state index in [1.807, 2.05) is 43.3 Å². The lowest BCUT2D eigenvalue weighted by Gasteiger charge is -2.11. The third-order valence-electron chi connectivity index (χ3n) is 4.45. The van der Waals surface area contributed by atoms with Crippen molar-refractivity contribution in [2.24, 2.45) is 0 Å². The van der Waals surface area contributed by atoms with Gasteiger partial charge in [-0.25, -0.2) is 9.97 Å². The number of aromatic nitrogens is 2. The molecule has 0 saturated heterocycles. The number of rotatable bonds is 6. The minimum atomic E-state index is -0.326. The molecule has 4 rings (SSSR count). The predicted molar refractivity (Wildman–Crippen MR) is 118 cm³/mol. The van der Waals surface area contributed by atoms with Crippen molar-refractivity contribution in [3.8, 4) is 11.1 Å². The van der Waals surface area contributed by atoms with Crippen molar-refractivity contribution in [2.45, 2.75) is 20.3 Å². The van der Waals surface area contributed by atoms with Crippen molar-refractivity contribution in [3.05, 3.63) is 71.4 Å². The molecule has 0 fully saturated rings. The first kappa shape index (κ1) is 19.1. The number of aryl methyl sites for hydroxylation is 1. The molecule has 146 valence electrons. The normalized spacial score (nSPS) is 10.8. The molecule has 0 bridgehead atoms. The molecule has 4 aromatic rings. The van der Waals surface area contributed by atoms with Crippen LogP contribution in [0.5, 0.6) is 0 Å². The molecule has 0 unspecified atom stereocenters. The van der Waals surface area contributed by atoms with Crippen molar-refractivity contribution in [3.63, 3.8) is 0 Å². The van der Waals surface area contributed by atoms with E-state index in [0.29, 0.717) is 18.2 Å². The Labute approximate surface area is 173 Å². The van der Waals surface area contributed by atoms with Gasteiger partial charge in [0.05, 0.1) is 12.0 Å². The summed E-state index contributed by atoms with van der Waals surface area (Å²) in [5.41, 5.74) is 4.27. The summed E-state index contributed by atoms with van der Waals surface area (Å²) >= 11 is 1.55. The zero-order valence-electron chi connectivity index (χ0n) is 16.3. The number of hydrogen-bond acceptors (Lipinski definition) is 6. The molecule has 6 heteroatoms. The molecule has 29 heavy (non-hydrogen) atoms. The molecule has 2 heterocycles. The summed E-state index contributed by atoms with van der Waals surface area (Å²) in [5, 5.41) is 6.47. The average molecular weight is 404 g/mol. The molecule has 2 aromatic heterocycles. The van der Waals surface area contributed by atoms with Gasteiger partial charge in [-0.2, -0.15) is 0 Å². The number of carbonyl (C=O) groups excluding carboxylic acids is 1. The van der Waals surface area contributed by atoms with Crippen molar-refractivity contribution in [2.75, 3.05) is 11.9 Å². The standard InChI is InChI=1S/C23H21N3O2S/c1-3-28-20(27)13-19-25-22(24-17-11-7-8-15(2)12-17)21-18(14-29-23(21)26-19)16-9-5-4-6-10-16/h4-12,14H,3,13H2,1-2H3,(H,24,25,26). The highest BCUT2D eigenvalue weighted by Crippen LogP contribution is 2.38. The number of benzene rings is 2. The fraction of sp³-hybridized carbons (Fsp3) is 0.174. The second kappa shape index (κ2) is 8.41. The van der Waals surface area contributed by atoms with E-state index in [-0.39, 0.29) is 12.4 Å². The van der Waals surface area contributed by atoms with E-state index in [0.717, 1.165) is 32.6 Å². The van der Waals surface area contributed by atoms with E-state index < -0.39 is 0 Å². The van der Waals surface area contributed by atoms with Gasteiger partial charge in [-0.3, -0.25) is 4.79 Å². The van der Waals surface area contributed by atoms with Gasteiger partial charge in [0.2, 0.25) is 0 Å². The van der Waals surface area contributed by atoms with E-state index in [4.69, 9.17) is 9.72 Å². The largest absolute Gasteiger partial charge is 0.466 e. The zero-order valence-corrected chi connectivity index (χ0v) is 17.1. The van der Waals surface area contributed by atoms with Crippen LogP contribution in [-0.4, -0.2) is 22.5 Å². The van der Waals surface area contributed by atoms with Crippen LogP contribution in [0, 0.1) is 6.92 Å².